The predicted molar refractivity (Wildman–Crippen MR) is 105 cm³/mol. The molecule has 1 amide bonds. The quantitative estimate of drug-likeness (QED) is 0.634. The lowest BCUT2D eigenvalue weighted by molar-refractivity contribution is -0.136. The largest absolute Gasteiger partial charge is 0.447 e. The van der Waals surface area contributed by atoms with Crippen molar-refractivity contribution >= 4 is 25.8 Å². The fourth-order valence-corrected chi connectivity index (χ4v) is 7.41. The topological polar surface area (TPSA) is 108 Å². The van der Waals surface area contributed by atoms with Gasteiger partial charge in [0.2, 0.25) is 11.0 Å². The molecule has 3 aliphatic heterocycles. The molecule has 0 bridgehead atoms. The number of rotatable bonds is 5. The van der Waals surface area contributed by atoms with E-state index in [0.717, 1.165) is 12.8 Å². The highest BCUT2D eigenvalue weighted by Gasteiger charge is 2.36. The highest BCUT2D eigenvalue weighted by atomic mass is 32.2. The van der Waals surface area contributed by atoms with E-state index in [1.54, 1.807) is 11.0 Å². The summed E-state index contributed by atoms with van der Waals surface area (Å²) in [7, 11) is -6.62. The zero-order valence-corrected chi connectivity index (χ0v) is 18.0. The first kappa shape index (κ1) is 20.8. The van der Waals surface area contributed by atoms with Crippen molar-refractivity contribution in [1.82, 2.24) is 14.1 Å². The summed E-state index contributed by atoms with van der Waals surface area (Å²) in [6.07, 6.45) is 2.17. The minimum Gasteiger partial charge on any atom is -0.447 e. The first-order valence-electron chi connectivity index (χ1n) is 10.0. The Morgan fingerprint density at radius 1 is 1.07 bits per heavy atom. The molecular weight excluding hydrogens is 418 g/mol. The van der Waals surface area contributed by atoms with Crippen molar-refractivity contribution in [1.29, 1.82) is 0 Å². The maximum atomic E-state index is 12.6. The van der Waals surface area contributed by atoms with Crippen molar-refractivity contribution in [3.8, 4) is 0 Å². The average molecular weight is 446 g/mol. The molecule has 3 fully saturated rings. The van der Waals surface area contributed by atoms with E-state index in [4.69, 9.17) is 4.42 Å². The minimum absolute atomic E-state index is 0.00865. The fourth-order valence-electron chi connectivity index (χ4n) is 4.23. The van der Waals surface area contributed by atoms with Gasteiger partial charge in [-0.05, 0) is 31.4 Å². The van der Waals surface area contributed by atoms with Gasteiger partial charge in [0.05, 0.1) is 24.0 Å². The Morgan fingerprint density at radius 3 is 2.38 bits per heavy atom. The van der Waals surface area contributed by atoms with Crippen LogP contribution >= 0.6 is 0 Å². The van der Waals surface area contributed by atoms with Crippen LogP contribution in [0.15, 0.2) is 21.6 Å². The van der Waals surface area contributed by atoms with Gasteiger partial charge in [-0.1, -0.05) is 0 Å². The van der Waals surface area contributed by atoms with Crippen molar-refractivity contribution in [2.75, 3.05) is 50.8 Å². The van der Waals surface area contributed by atoms with Crippen LogP contribution < -0.4 is 0 Å². The van der Waals surface area contributed by atoms with E-state index < -0.39 is 25.8 Å². The summed E-state index contributed by atoms with van der Waals surface area (Å²) in [6, 6.07) is 3.22. The van der Waals surface area contributed by atoms with E-state index in [2.05, 4.69) is 4.90 Å². The smallest absolute Gasteiger partial charge is 0.276 e. The lowest BCUT2D eigenvalue weighted by atomic mass is 10.1. The number of amides is 1. The second-order valence-corrected chi connectivity index (χ2v) is 12.1. The van der Waals surface area contributed by atoms with E-state index >= 15 is 0 Å². The zero-order valence-electron chi connectivity index (χ0n) is 16.3. The number of hydrogen-bond donors (Lipinski definition) is 0. The molecule has 0 aromatic carbocycles. The van der Waals surface area contributed by atoms with Gasteiger partial charge in [0.15, 0.2) is 9.84 Å². The number of piperazine rings is 1. The highest BCUT2D eigenvalue weighted by Crippen LogP contribution is 2.24. The lowest BCUT2D eigenvalue weighted by Crippen LogP contribution is -2.50. The zero-order chi connectivity index (χ0) is 20.6. The number of furan rings is 1. The molecule has 3 aliphatic rings. The van der Waals surface area contributed by atoms with Gasteiger partial charge in [-0.2, -0.15) is 4.31 Å². The fraction of sp³-hybridized carbons (Fsp3) is 0.722. The Morgan fingerprint density at radius 2 is 1.76 bits per heavy atom. The molecule has 0 saturated carbocycles. The van der Waals surface area contributed by atoms with Crippen LogP contribution in [0.1, 0.15) is 25.0 Å². The molecule has 29 heavy (non-hydrogen) atoms. The average Bonchev–Trinajstić information content (AvgIpc) is 3.42. The molecule has 11 heteroatoms. The SMILES string of the molecule is O=C(C1CCS(=O)(=O)C1)N1CCN(Cc2ccc(S(=O)(=O)N3CCCC3)o2)CC1. The number of sulfone groups is 1. The van der Waals surface area contributed by atoms with Crippen LogP contribution in [-0.4, -0.2) is 87.6 Å². The van der Waals surface area contributed by atoms with Gasteiger partial charge in [-0.15, -0.1) is 0 Å². The molecule has 1 unspecified atom stereocenters. The van der Waals surface area contributed by atoms with Crippen LogP contribution in [-0.2, 0) is 31.2 Å². The maximum Gasteiger partial charge on any atom is 0.276 e. The third kappa shape index (κ3) is 4.52. The number of sulfonamides is 1. The van der Waals surface area contributed by atoms with Crippen LogP contribution in [0.2, 0.25) is 0 Å². The Labute approximate surface area is 171 Å². The normalized spacial score (nSPS) is 26.2. The molecule has 162 valence electrons. The molecule has 9 nitrogen and oxygen atoms in total. The van der Waals surface area contributed by atoms with Crippen LogP contribution in [0.4, 0.5) is 0 Å². The van der Waals surface area contributed by atoms with E-state index in [1.807, 2.05) is 0 Å². The number of hydrogen-bond acceptors (Lipinski definition) is 7. The summed E-state index contributed by atoms with van der Waals surface area (Å²) in [5, 5.41) is -0.00865. The molecule has 4 rings (SSSR count). The predicted octanol–water partition coefficient (Wildman–Crippen LogP) is 0.143. The molecule has 3 saturated heterocycles. The summed E-state index contributed by atoms with van der Waals surface area (Å²) >= 11 is 0. The first-order valence-corrected chi connectivity index (χ1v) is 13.3. The molecular formula is C18H27N3O6S2. The van der Waals surface area contributed by atoms with Gasteiger partial charge in [0.1, 0.15) is 5.76 Å². The van der Waals surface area contributed by atoms with Crippen molar-refractivity contribution in [3.05, 3.63) is 17.9 Å². The third-order valence-electron chi connectivity index (χ3n) is 5.94. The number of carbonyl (C=O) groups excluding carboxylic acids is 1. The Hall–Kier alpha value is -1.43. The van der Waals surface area contributed by atoms with Crippen LogP contribution in [0, 0.1) is 5.92 Å². The molecule has 0 N–H and O–H groups in total. The third-order valence-corrected chi connectivity index (χ3v) is 9.48. The second kappa shape index (κ2) is 8.01. The summed E-state index contributed by atoms with van der Waals surface area (Å²) in [4.78, 5) is 16.4. The minimum atomic E-state index is -3.55. The Balaban J connectivity index is 1.30. The van der Waals surface area contributed by atoms with Crippen molar-refractivity contribution in [3.63, 3.8) is 0 Å². The Bertz CT molecular complexity index is 957. The second-order valence-electron chi connectivity index (χ2n) is 8.03. The first-order chi connectivity index (χ1) is 13.7. The molecule has 1 aromatic rings. The number of carbonyl (C=O) groups is 1. The van der Waals surface area contributed by atoms with Gasteiger partial charge in [0.25, 0.3) is 10.0 Å². The Kier molecular flexibility index (Phi) is 5.75. The lowest BCUT2D eigenvalue weighted by Gasteiger charge is -2.35. The van der Waals surface area contributed by atoms with Crippen molar-refractivity contribution < 1.29 is 26.0 Å². The van der Waals surface area contributed by atoms with E-state index in [-0.39, 0.29) is 22.5 Å². The van der Waals surface area contributed by atoms with E-state index in [9.17, 15) is 21.6 Å². The van der Waals surface area contributed by atoms with E-state index in [0.29, 0.717) is 58.0 Å². The highest BCUT2D eigenvalue weighted by molar-refractivity contribution is 7.91. The van der Waals surface area contributed by atoms with Crippen molar-refractivity contribution in [2.24, 2.45) is 5.92 Å². The van der Waals surface area contributed by atoms with Gasteiger partial charge >= 0.3 is 0 Å². The molecule has 1 aromatic heterocycles. The van der Waals surface area contributed by atoms with Crippen LogP contribution in [0.3, 0.4) is 0 Å². The number of nitrogens with zero attached hydrogens (tertiary/aromatic N) is 3. The standard InChI is InChI=1S/C18H27N3O6S2/c22-18(15-5-12-28(23,24)14-15)20-10-8-19(9-11-20)13-16-3-4-17(27-16)29(25,26)21-6-1-2-7-21/h3-4,15H,1-2,5-14H2. The van der Waals surface area contributed by atoms with Gasteiger partial charge in [0, 0.05) is 39.3 Å². The van der Waals surface area contributed by atoms with Gasteiger partial charge < -0.3 is 9.32 Å². The maximum absolute atomic E-state index is 12.6. The monoisotopic (exact) mass is 445 g/mol. The molecule has 0 spiro atoms. The summed E-state index contributed by atoms with van der Waals surface area (Å²) in [6.45, 7) is 3.91. The van der Waals surface area contributed by atoms with Gasteiger partial charge in [-0.25, -0.2) is 16.8 Å². The van der Waals surface area contributed by atoms with Gasteiger partial charge in [-0.3, -0.25) is 9.69 Å². The summed E-state index contributed by atoms with van der Waals surface area (Å²) in [5.74, 6) is 0.180. The molecule has 0 radical (unpaired) electrons. The van der Waals surface area contributed by atoms with Crippen LogP contribution in [0.5, 0.6) is 0 Å². The summed E-state index contributed by atoms with van der Waals surface area (Å²) < 4.78 is 55.4. The van der Waals surface area contributed by atoms with Crippen LogP contribution in [0.25, 0.3) is 0 Å². The molecule has 4 heterocycles. The van der Waals surface area contributed by atoms with Crippen molar-refractivity contribution in [2.45, 2.75) is 30.9 Å². The molecule has 1 atom stereocenters. The van der Waals surface area contributed by atoms with E-state index in [1.165, 1.54) is 10.4 Å². The summed E-state index contributed by atoms with van der Waals surface area (Å²) in [5.41, 5.74) is 0. The molecule has 0 aliphatic carbocycles.